The van der Waals surface area contributed by atoms with Crippen LogP contribution in [-0.4, -0.2) is 35.5 Å². The van der Waals surface area contributed by atoms with E-state index in [2.05, 4.69) is 20.7 Å². The van der Waals surface area contributed by atoms with Crippen LogP contribution in [0.4, 0.5) is 5.69 Å². The SMILES string of the molecule is O=C(CCCn1cc([N+](=O)[O-])cn1)Nn1cnnc1. The van der Waals surface area contributed by atoms with E-state index < -0.39 is 4.92 Å². The average molecular weight is 265 g/mol. The van der Waals surface area contributed by atoms with Gasteiger partial charge in [-0.2, -0.15) is 5.10 Å². The zero-order chi connectivity index (χ0) is 13.7. The predicted octanol–water partition coefficient (Wildman–Crippen LogP) is -0.0667. The number of aryl methyl sites for hydroxylation is 1. The van der Waals surface area contributed by atoms with Gasteiger partial charge in [-0.3, -0.25) is 25.0 Å². The van der Waals surface area contributed by atoms with Crippen LogP contribution in [0.15, 0.2) is 25.0 Å². The number of hydrogen-bond donors (Lipinski definition) is 1. The minimum Gasteiger partial charge on any atom is -0.273 e. The fraction of sp³-hybridized carbons (Fsp3) is 0.333. The minimum atomic E-state index is -0.512. The molecular formula is C9H11N7O3. The van der Waals surface area contributed by atoms with Crippen molar-refractivity contribution in [3.63, 3.8) is 0 Å². The second-order valence-electron chi connectivity index (χ2n) is 3.73. The Kier molecular flexibility index (Phi) is 3.81. The molecule has 0 spiro atoms. The van der Waals surface area contributed by atoms with Crippen molar-refractivity contribution < 1.29 is 9.72 Å². The van der Waals surface area contributed by atoms with Gasteiger partial charge < -0.3 is 0 Å². The van der Waals surface area contributed by atoms with E-state index in [-0.39, 0.29) is 18.0 Å². The maximum absolute atomic E-state index is 11.5. The van der Waals surface area contributed by atoms with Crippen LogP contribution >= 0.6 is 0 Å². The maximum atomic E-state index is 11.5. The molecule has 2 heterocycles. The number of amides is 1. The molecule has 10 heteroatoms. The number of carbonyl (C=O) groups is 1. The van der Waals surface area contributed by atoms with Crippen LogP contribution in [0.3, 0.4) is 0 Å². The Morgan fingerprint density at radius 3 is 2.79 bits per heavy atom. The summed E-state index contributed by atoms with van der Waals surface area (Å²) in [6.07, 6.45) is 6.04. The number of nitrogens with zero attached hydrogens (tertiary/aromatic N) is 6. The molecule has 0 saturated carbocycles. The molecule has 0 fully saturated rings. The highest BCUT2D eigenvalue weighted by Crippen LogP contribution is 2.08. The molecule has 0 aliphatic rings. The molecule has 1 N–H and O–H groups in total. The summed E-state index contributed by atoms with van der Waals surface area (Å²) >= 11 is 0. The molecule has 0 aliphatic carbocycles. The van der Waals surface area contributed by atoms with Crippen molar-refractivity contribution >= 4 is 11.6 Å². The first-order chi connectivity index (χ1) is 9.15. The van der Waals surface area contributed by atoms with Crippen molar-refractivity contribution in [1.82, 2.24) is 24.7 Å². The average Bonchev–Trinajstić information content (AvgIpc) is 3.00. The summed E-state index contributed by atoms with van der Waals surface area (Å²) in [7, 11) is 0. The molecule has 0 unspecified atom stereocenters. The number of nitrogens with one attached hydrogen (secondary N) is 1. The van der Waals surface area contributed by atoms with E-state index in [4.69, 9.17) is 0 Å². The molecule has 10 nitrogen and oxygen atoms in total. The largest absolute Gasteiger partial charge is 0.306 e. The third kappa shape index (κ3) is 3.59. The number of rotatable bonds is 6. The van der Waals surface area contributed by atoms with Crippen LogP contribution in [-0.2, 0) is 11.3 Å². The van der Waals surface area contributed by atoms with Gasteiger partial charge in [0.1, 0.15) is 25.0 Å². The van der Waals surface area contributed by atoms with Crippen molar-refractivity contribution in [2.45, 2.75) is 19.4 Å². The molecule has 0 radical (unpaired) electrons. The summed E-state index contributed by atoms with van der Waals surface area (Å²) < 4.78 is 2.78. The molecule has 2 rings (SSSR count). The van der Waals surface area contributed by atoms with E-state index in [1.54, 1.807) is 0 Å². The second kappa shape index (κ2) is 5.71. The number of aromatic nitrogens is 5. The van der Waals surface area contributed by atoms with Crippen LogP contribution < -0.4 is 5.43 Å². The van der Waals surface area contributed by atoms with Gasteiger partial charge >= 0.3 is 5.69 Å². The molecule has 0 saturated heterocycles. The van der Waals surface area contributed by atoms with Gasteiger partial charge in [-0.1, -0.05) is 0 Å². The van der Waals surface area contributed by atoms with Crippen molar-refractivity contribution in [1.29, 1.82) is 0 Å². The lowest BCUT2D eigenvalue weighted by molar-refractivity contribution is -0.385. The topological polar surface area (TPSA) is 121 Å². The maximum Gasteiger partial charge on any atom is 0.306 e. The van der Waals surface area contributed by atoms with Crippen LogP contribution in [0, 0.1) is 10.1 Å². The first-order valence-corrected chi connectivity index (χ1v) is 5.46. The van der Waals surface area contributed by atoms with Gasteiger partial charge in [-0.05, 0) is 6.42 Å². The molecule has 0 aromatic carbocycles. The van der Waals surface area contributed by atoms with E-state index in [0.29, 0.717) is 13.0 Å². The number of hydrogen-bond acceptors (Lipinski definition) is 6. The van der Waals surface area contributed by atoms with Crippen molar-refractivity contribution in [2.75, 3.05) is 5.43 Å². The lowest BCUT2D eigenvalue weighted by atomic mass is 10.3. The monoisotopic (exact) mass is 265 g/mol. The Hall–Kier alpha value is -2.78. The molecule has 2 aromatic rings. The summed E-state index contributed by atoms with van der Waals surface area (Å²) in [4.78, 5) is 21.4. The second-order valence-corrected chi connectivity index (χ2v) is 3.73. The first kappa shape index (κ1) is 12.7. The fourth-order valence-corrected chi connectivity index (χ4v) is 1.43. The summed E-state index contributed by atoms with van der Waals surface area (Å²) in [5, 5.41) is 21.4. The molecule has 100 valence electrons. The standard InChI is InChI=1S/C9H11N7O3/c17-9(13-15-6-10-11-7-15)2-1-3-14-5-8(4-12-14)16(18)19/h4-7H,1-3H2,(H,13,17). The molecule has 0 atom stereocenters. The van der Waals surface area contributed by atoms with Crippen molar-refractivity contribution in [3.8, 4) is 0 Å². The molecule has 19 heavy (non-hydrogen) atoms. The van der Waals surface area contributed by atoms with Crippen LogP contribution in [0.1, 0.15) is 12.8 Å². The van der Waals surface area contributed by atoms with E-state index in [1.807, 2.05) is 0 Å². The molecule has 0 bridgehead atoms. The van der Waals surface area contributed by atoms with Crippen molar-refractivity contribution in [2.24, 2.45) is 0 Å². The predicted molar refractivity (Wildman–Crippen MR) is 62.5 cm³/mol. The smallest absolute Gasteiger partial charge is 0.273 e. The summed E-state index contributed by atoms with van der Waals surface area (Å²) in [6, 6.07) is 0. The van der Waals surface area contributed by atoms with Crippen LogP contribution in [0.25, 0.3) is 0 Å². The highest BCUT2D eigenvalue weighted by molar-refractivity contribution is 5.83. The van der Waals surface area contributed by atoms with Gasteiger partial charge in [0, 0.05) is 13.0 Å². The zero-order valence-corrected chi connectivity index (χ0v) is 9.84. The van der Waals surface area contributed by atoms with E-state index in [0.717, 1.165) is 0 Å². The third-order valence-electron chi connectivity index (χ3n) is 2.29. The van der Waals surface area contributed by atoms with E-state index in [1.165, 1.54) is 34.4 Å². The molecule has 0 aliphatic heterocycles. The highest BCUT2D eigenvalue weighted by atomic mass is 16.6. The van der Waals surface area contributed by atoms with Crippen LogP contribution in [0.2, 0.25) is 0 Å². The summed E-state index contributed by atoms with van der Waals surface area (Å²) in [5.41, 5.74) is 2.49. The van der Waals surface area contributed by atoms with Gasteiger partial charge in [-0.25, -0.2) is 4.68 Å². The van der Waals surface area contributed by atoms with Gasteiger partial charge in [0.15, 0.2) is 0 Å². The molecule has 2 aromatic heterocycles. The first-order valence-electron chi connectivity index (χ1n) is 5.46. The zero-order valence-electron chi connectivity index (χ0n) is 9.84. The lowest BCUT2D eigenvalue weighted by Gasteiger charge is -2.04. The Bertz CT molecular complexity index is 562. The Labute approximate surface area is 107 Å². The normalized spacial score (nSPS) is 10.3. The van der Waals surface area contributed by atoms with E-state index >= 15 is 0 Å². The quantitative estimate of drug-likeness (QED) is 0.576. The third-order valence-corrected chi connectivity index (χ3v) is 2.29. The van der Waals surface area contributed by atoms with Crippen LogP contribution in [0.5, 0.6) is 0 Å². The summed E-state index contributed by atoms with van der Waals surface area (Å²) in [5.74, 6) is -0.193. The van der Waals surface area contributed by atoms with Gasteiger partial charge in [0.25, 0.3) is 0 Å². The van der Waals surface area contributed by atoms with E-state index in [9.17, 15) is 14.9 Å². The highest BCUT2D eigenvalue weighted by Gasteiger charge is 2.09. The minimum absolute atomic E-state index is 0.0612. The van der Waals surface area contributed by atoms with Gasteiger partial charge in [-0.15, -0.1) is 10.2 Å². The Morgan fingerprint density at radius 2 is 2.16 bits per heavy atom. The molecular weight excluding hydrogens is 254 g/mol. The van der Waals surface area contributed by atoms with Gasteiger partial charge in [0.2, 0.25) is 5.91 Å². The Balaban J connectivity index is 1.73. The Morgan fingerprint density at radius 1 is 1.42 bits per heavy atom. The summed E-state index contributed by atoms with van der Waals surface area (Å²) in [6.45, 7) is 0.434. The van der Waals surface area contributed by atoms with Gasteiger partial charge in [0.05, 0.1) is 4.92 Å². The fourth-order valence-electron chi connectivity index (χ4n) is 1.43. The van der Waals surface area contributed by atoms with Crippen molar-refractivity contribution in [3.05, 3.63) is 35.2 Å². The lowest BCUT2D eigenvalue weighted by Crippen LogP contribution is -2.21. The molecule has 1 amide bonds. The number of carbonyl (C=O) groups excluding carboxylic acids is 1. The number of nitro groups is 1.